The first-order valence-corrected chi connectivity index (χ1v) is 5.04. The average Bonchev–Trinajstić information content (AvgIpc) is 2.76. The number of unbranched alkanes of at least 4 members (excludes halogenated alkanes) is 1. The standard InChI is InChI=1S/C5H5.C4H9.C3H5Cl.Hf/c1-2-4-5-3-1;1-3-4-2;1-2-3-4;/h1-3H,4H2;1,3-4H2,2H3;2H,1,3H2;/q2*-1;;. The van der Waals surface area contributed by atoms with Gasteiger partial charge in [-0.3, -0.25) is 6.08 Å². The van der Waals surface area contributed by atoms with E-state index < -0.39 is 0 Å². The molecule has 2 heteroatoms. The van der Waals surface area contributed by atoms with Gasteiger partial charge in [0.05, 0.1) is 0 Å². The molecule has 80 valence electrons. The van der Waals surface area contributed by atoms with Gasteiger partial charge in [0, 0.05) is 31.7 Å². The molecular formula is C12H19ClHf-2. The molecular weight excluding hydrogens is 358 g/mol. The molecule has 1 rings (SSSR count). The van der Waals surface area contributed by atoms with Gasteiger partial charge in [0.2, 0.25) is 0 Å². The Morgan fingerprint density at radius 3 is 2.21 bits per heavy atom. The Labute approximate surface area is 113 Å². The van der Waals surface area contributed by atoms with Crippen LogP contribution in [-0.2, 0) is 25.8 Å². The molecule has 14 heavy (non-hydrogen) atoms. The minimum Gasteiger partial charge on any atom is -0.343 e. The molecule has 0 unspecified atom stereocenters. The fourth-order valence-corrected chi connectivity index (χ4v) is 0.340. The van der Waals surface area contributed by atoms with Crippen molar-refractivity contribution >= 4 is 11.6 Å². The molecule has 1 aliphatic rings. The largest absolute Gasteiger partial charge is 0.343 e. The summed E-state index contributed by atoms with van der Waals surface area (Å²) in [4.78, 5) is 0. The third-order valence-corrected chi connectivity index (χ3v) is 1.27. The van der Waals surface area contributed by atoms with E-state index in [0.717, 1.165) is 12.8 Å². The van der Waals surface area contributed by atoms with Crippen molar-refractivity contribution in [1.29, 1.82) is 0 Å². The molecule has 0 radical (unpaired) electrons. The molecule has 0 aromatic heterocycles. The maximum atomic E-state index is 5.07. The second-order valence-corrected chi connectivity index (χ2v) is 2.61. The maximum Gasteiger partial charge on any atom is 0.0401 e. The second kappa shape index (κ2) is 23.3. The molecule has 0 atom stereocenters. The Hall–Kier alpha value is 0.380. The predicted octanol–water partition coefficient (Wildman–Crippen LogP) is 4.33. The van der Waals surface area contributed by atoms with Crippen LogP contribution in [0.3, 0.4) is 0 Å². The second-order valence-electron chi connectivity index (χ2n) is 2.30. The molecule has 0 spiro atoms. The van der Waals surface area contributed by atoms with Gasteiger partial charge in [-0.25, -0.2) is 12.2 Å². The van der Waals surface area contributed by atoms with Crippen LogP contribution >= 0.6 is 11.6 Å². The molecule has 0 nitrogen and oxygen atoms in total. The topological polar surface area (TPSA) is 0 Å². The number of hydrogen-bond donors (Lipinski definition) is 0. The smallest absolute Gasteiger partial charge is 0.0401 e. The van der Waals surface area contributed by atoms with Crippen molar-refractivity contribution in [3.63, 3.8) is 0 Å². The van der Waals surface area contributed by atoms with Gasteiger partial charge in [-0.1, -0.05) is 19.4 Å². The number of hydrogen-bond acceptors (Lipinski definition) is 0. The van der Waals surface area contributed by atoms with Crippen LogP contribution in [-0.4, -0.2) is 5.88 Å². The van der Waals surface area contributed by atoms with Crippen LogP contribution in [0, 0.1) is 13.0 Å². The van der Waals surface area contributed by atoms with Crippen LogP contribution in [0.15, 0.2) is 30.9 Å². The van der Waals surface area contributed by atoms with E-state index in [4.69, 9.17) is 11.6 Å². The zero-order chi connectivity index (χ0) is 10.4. The van der Waals surface area contributed by atoms with E-state index >= 15 is 0 Å². The van der Waals surface area contributed by atoms with Crippen LogP contribution in [0.4, 0.5) is 0 Å². The number of halogens is 1. The molecule has 0 aromatic rings. The van der Waals surface area contributed by atoms with Gasteiger partial charge in [-0.05, 0) is 0 Å². The normalized spacial score (nSPS) is 10.2. The fourth-order valence-electron chi connectivity index (χ4n) is 0.340. The van der Waals surface area contributed by atoms with Gasteiger partial charge in [-0.15, -0.1) is 24.6 Å². The summed E-state index contributed by atoms with van der Waals surface area (Å²) in [6, 6.07) is 0. The van der Waals surface area contributed by atoms with E-state index in [0.29, 0.717) is 5.88 Å². The van der Waals surface area contributed by atoms with Gasteiger partial charge < -0.3 is 6.92 Å². The van der Waals surface area contributed by atoms with Crippen molar-refractivity contribution in [3.05, 3.63) is 43.9 Å². The van der Waals surface area contributed by atoms with Crippen LogP contribution < -0.4 is 0 Å². The van der Waals surface area contributed by atoms with Gasteiger partial charge in [0.1, 0.15) is 0 Å². The number of alkyl halides is 1. The third-order valence-electron chi connectivity index (χ3n) is 1.05. The molecule has 0 amide bonds. The maximum absolute atomic E-state index is 5.07. The Kier molecular flexibility index (Phi) is 33.1. The van der Waals surface area contributed by atoms with E-state index in [1.807, 2.05) is 12.2 Å². The SMILES string of the molecule is C=CCCl.[C-]1=CC=CC1.[CH2-]CCC.[Hf]. The molecule has 0 fully saturated rings. The molecule has 0 heterocycles. The zero-order valence-electron chi connectivity index (χ0n) is 8.93. The van der Waals surface area contributed by atoms with E-state index in [2.05, 4.69) is 32.6 Å². The number of allylic oxidation sites excluding steroid dienone is 5. The van der Waals surface area contributed by atoms with Crippen LogP contribution in [0.25, 0.3) is 0 Å². The quantitative estimate of drug-likeness (QED) is 0.291. The minimum absolute atomic E-state index is 0. The van der Waals surface area contributed by atoms with Gasteiger partial charge >= 0.3 is 0 Å². The van der Waals surface area contributed by atoms with Crippen molar-refractivity contribution < 1.29 is 25.8 Å². The summed E-state index contributed by atoms with van der Waals surface area (Å²) in [5.74, 6) is 0.556. The molecule has 0 aliphatic heterocycles. The fraction of sp³-hybridized carbons (Fsp3) is 0.417. The minimum atomic E-state index is 0. The monoisotopic (exact) mass is 378 g/mol. The zero-order valence-corrected chi connectivity index (χ0v) is 13.3. The van der Waals surface area contributed by atoms with Crippen molar-refractivity contribution in [2.45, 2.75) is 26.2 Å². The molecule has 0 saturated carbocycles. The Morgan fingerprint density at radius 2 is 2.14 bits per heavy atom. The van der Waals surface area contributed by atoms with Crippen molar-refractivity contribution in [1.82, 2.24) is 0 Å². The van der Waals surface area contributed by atoms with E-state index in [1.54, 1.807) is 6.08 Å². The molecule has 0 aromatic carbocycles. The van der Waals surface area contributed by atoms with Gasteiger partial charge in [0.15, 0.2) is 0 Å². The predicted molar refractivity (Wildman–Crippen MR) is 62.8 cm³/mol. The number of rotatable bonds is 2. The Bertz CT molecular complexity index is 127. The average molecular weight is 377 g/mol. The van der Waals surface area contributed by atoms with Gasteiger partial charge in [0.25, 0.3) is 0 Å². The van der Waals surface area contributed by atoms with E-state index in [9.17, 15) is 0 Å². The molecule has 1 aliphatic carbocycles. The Balaban J connectivity index is -0.000000127. The first kappa shape index (κ1) is 19.9. The van der Waals surface area contributed by atoms with Crippen molar-refractivity contribution in [2.75, 3.05) is 5.88 Å². The third kappa shape index (κ3) is 29.4. The van der Waals surface area contributed by atoms with E-state index in [-0.39, 0.29) is 25.8 Å². The summed E-state index contributed by atoms with van der Waals surface area (Å²) in [6.45, 7) is 9.07. The summed E-state index contributed by atoms with van der Waals surface area (Å²) in [5, 5.41) is 0. The van der Waals surface area contributed by atoms with Crippen molar-refractivity contribution in [2.24, 2.45) is 0 Å². The summed E-state index contributed by atoms with van der Waals surface area (Å²) in [5.41, 5.74) is 0. The molecule has 0 bridgehead atoms. The van der Waals surface area contributed by atoms with Gasteiger partial charge in [-0.2, -0.15) is 12.5 Å². The summed E-state index contributed by atoms with van der Waals surface area (Å²) < 4.78 is 0. The van der Waals surface area contributed by atoms with Crippen LogP contribution in [0.2, 0.25) is 0 Å². The first-order valence-electron chi connectivity index (χ1n) is 4.51. The van der Waals surface area contributed by atoms with Crippen LogP contribution in [0.1, 0.15) is 26.2 Å². The van der Waals surface area contributed by atoms with Crippen molar-refractivity contribution in [3.8, 4) is 0 Å². The molecule has 0 N–H and O–H groups in total. The first-order chi connectivity index (χ1) is 6.33. The van der Waals surface area contributed by atoms with E-state index in [1.165, 1.54) is 6.42 Å². The summed E-state index contributed by atoms with van der Waals surface area (Å²) in [6.07, 6.45) is 13.9. The summed E-state index contributed by atoms with van der Waals surface area (Å²) >= 11 is 5.07. The Morgan fingerprint density at radius 1 is 1.64 bits per heavy atom. The van der Waals surface area contributed by atoms with Crippen LogP contribution in [0.5, 0.6) is 0 Å². The molecule has 0 saturated heterocycles. The summed E-state index contributed by atoms with van der Waals surface area (Å²) in [7, 11) is 0.